The van der Waals surface area contributed by atoms with E-state index in [1.54, 1.807) is 0 Å². The molecule has 4 nitrogen and oxygen atoms in total. The maximum absolute atomic E-state index is 11.4. The van der Waals surface area contributed by atoms with Crippen molar-refractivity contribution in [1.82, 2.24) is 10.6 Å². The largest absolute Gasteiger partial charge is 0.306 e. The van der Waals surface area contributed by atoms with Crippen LogP contribution in [-0.2, 0) is 9.59 Å². The van der Waals surface area contributed by atoms with Gasteiger partial charge >= 0.3 is 0 Å². The molecule has 2 amide bonds. The average Bonchev–Trinajstić information content (AvgIpc) is 2.07. The van der Waals surface area contributed by atoms with E-state index in [1.165, 1.54) is 0 Å². The lowest BCUT2D eigenvalue weighted by Crippen LogP contribution is -2.51. The van der Waals surface area contributed by atoms with Crippen LogP contribution in [0.15, 0.2) is 0 Å². The van der Waals surface area contributed by atoms with Crippen molar-refractivity contribution >= 4 is 11.8 Å². The minimum absolute atomic E-state index is 0.158. The molecule has 4 heteroatoms. The molecule has 1 atom stereocenters. The summed E-state index contributed by atoms with van der Waals surface area (Å²) in [5, 5.41) is 5.52. The van der Waals surface area contributed by atoms with Gasteiger partial charge in [-0.1, -0.05) is 20.8 Å². The molecule has 0 aromatic rings. The van der Waals surface area contributed by atoms with Crippen molar-refractivity contribution in [2.24, 2.45) is 5.41 Å². The van der Waals surface area contributed by atoms with Crippen molar-refractivity contribution in [2.75, 3.05) is 6.54 Å². The van der Waals surface area contributed by atoms with Crippen LogP contribution >= 0.6 is 0 Å². The highest BCUT2D eigenvalue weighted by atomic mass is 16.2. The van der Waals surface area contributed by atoms with Crippen molar-refractivity contribution in [2.45, 2.75) is 46.1 Å². The number of amides is 2. The summed E-state index contributed by atoms with van der Waals surface area (Å²) in [4.78, 5) is 22.3. The SMILES string of the molecule is CC(C)(C)CCNC1CCC(=O)NC1=O. The van der Waals surface area contributed by atoms with Crippen LogP contribution in [0.2, 0.25) is 0 Å². The van der Waals surface area contributed by atoms with E-state index >= 15 is 0 Å². The number of nitrogens with one attached hydrogen (secondary N) is 2. The van der Waals surface area contributed by atoms with E-state index in [1.807, 2.05) is 0 Å². The van der Waals surface area contributed by atoms with Crippen LogP contribution in [0.5, 0.6) is 0 Å². The van der Waals surface area contributed by atoms with Gasteiger partial charge in [-0.15, -0.1) is 0 Å². The van der Waals surface area contributed by atoms with Gasteiger partial charge in [-0.25, -0.2) is 0 Å². The fourth-order valence-corrected chi connectivity index (χ4v) is 1.51. The molecule has 1 fully saturated rings. The Labute approximate surface area is 90.8 Å². The van der Waals surface area contributed by atoms with E-state index in [2.05, 4.69) is 31.4 Å². The minimum atomic E-state index is -0.190. The van der Waals surface area contributed by atoms with Crippen molar-refractivity contribution in [3.8, 4) is 0 Å². The maximum atomic E-state index is 11.4. The zero-order valence-corrected chi connectivity index (χ0v) is 9.72. The third kappa shape index (κ3) is 4.42. The summed E-state index contributed by atoms with van der Waals surface area (Å²) in [5.74, 6) is -0.339. The number of hydrogen-bond donors (Lipinski definition) is 2. The fraction of sp³-hybridized carbons (Fsp3) is 0.818. The normalized spacial score (nSPS) is 22.7. The smallest absolute Gasteiger partial charge is 0.243 e. The Bertz CT molecular complexity index is 256. The molecule has 1 unspecified atom stereocenters. The first-order chi connectivity index (χ1) is 6.88. The van der Waals surface area contributed by atoms with Crippen molar-refractivity contribution in [3.05, 3.63) is 0 Å². The number of carbonyl (C=O) groups is 2. The quantitative estimate of drug-likeness (QED) is 0.681. The van der Waals surface area contributed by atoms with Gasteiger partial charge in [0.15, 0.2) is 0 Å². The molecule has 1 heterocycles. The summed E-state index contributed by atoms with van der Waals surface area (Å²) < 4.78 is 0. The molecule has 0 aliphatic carbocycles. The second-order valence-corrected chi connectivity index (χ2v) is 5.27. The first-order valence-electron chi connectivity index (χ1n) is 5.45. The third-order valence-corrected chi connectivity index (χ3v) is 2.50. The van der Waals surface area contributed by atoms with Crippen molar-refractivity contribution in [1.29, 1.82) is 0 Å². The molecule has 86 valence electrons. The topological polar surface area (TPSA) is 58.2 Å². The van der Waals surface area contributed by atoms with E-state index in [4.69, 9.17) is 0 Å². The summed E-state index contributed by atoms with van der Waals surface area (Å²) in [6.45, 7) is 7.31. The number of hydrogen-bond acceptors (Lipinski definition) is 3. The second-order valence-electron chi connectivity index (χ2n) is 5.27. The van der Waals surface area contributed by atoms with Crippen LogP contribution in [0.25, 0.3) is 0 Å². The van der Waals surface area contributed by atoms with Gasteiger partial charge in [-0.2, -0.15) is 0 Å². The van der Waals surface area contributed by atoms with E-state index < -0.39 is 0 Å². The highest BCUT2D eigenvalue weighted by molar-refractivity contribution is 6.00. The van der Waals surface area contributed by atoms with Gasteiger partial charge in [-0.3, -0.25) is 14.9 Å². The van der Waals surface area contributed by atoms with E-state index in [-0.39, 0.29) is 23.3 Å². The standard InChI is InChI=1S/C11H20N2O2/c1-11(2,3)6-7-12-8-4-5-9(14)13-10(8)15/h8,12H,4-7H2,1-3H3,(H,13,14,15). The lowest BCUT2D eigenvalue weighted by Gasteiger charge is -2.24. The molecule has 1 rings (SSSR count). The van der Waals surface area contributed by atoms with Crippen molar-refractivity contribution < 1.29 is 9.59 Å². The molecule has 15 heavy (non-hydrogen) atoms. The Hall–Kier alpha value is -0.900. The molecule has 1 aliphatic rings. The number of piperidine rings is 1. The van der Waals surface area contributed by atoms with Gasteiger partial charge in [0.2, 0.25) is 11.8 Å². The molecule has 2 N–H and O–H groups in total. The number of rotatable bonds is 3. The summed E-state index contributed by atoms with van der Waals surface area (Å²) in [5.41, 5.74) is 0.272. The van der Waals surface area contributed by atoms with Gasteiger partial charge < -0.3 is 5.32 Å². The van der Waals surface area contributed by atoms with Crippen LogP contribution < -0.4 is 10.6 Å². The lowest BCUT2D eigenvalue weighted by molar-refractivity contribution is -0.134. The Morgan fingerprint density at radius 2 is 2.07 bits per heavy atom. The first-order valence-corrected chi connectivity index (χ1v) is 5.45. The summed E-state index contributed by atoms with van der Waals surface area (Å²) >= 11 is 0. The van der Waals surface area contributed by atoms with Gasteiger partial charge in [0.05, 0.1) is 6.04 Å². The highest BCUT2D eigenvalue weighted by Crippen LogP contribution is 2.17. The second kappa shape index (κ2) is 4.75. The summed E-state index contributed by atoms with van der Waals surface area (Å²) in [6.07, 6.45) is 2.08. The van der Waals surface area contributed by atoms with E-state index in [9.17, 15) is 9.59 Å². The third-order valence-electron chi connectivity index (χ3n) is 2.50. The monoisotopic (exact) mass is 212 g/mol. The van der Waals surface area contributed by atoms with Crippen LogP contribution in [-0.4, -0.2) is 24.4 Å². The van der Waals surface area contributed by atoms with Gasteiger partial charge in [0, 0.05) is 6.42 Å². The maximum Gasteiger partial charge on any atom is 0.243 e. The summed E-state index contributed by atoms with van der Waals surface area (Å²) in [6, 6.07) is -0.190. The molecular formula is C11H20N2O2. The fourth-order valence-electron chi connectivity index (χ4n) is 1.51. The lowest BCUT2D eigenvalue weighted by atomic mass is 9.92. The molecule has 1 saturated heterocycles. The van der Waals surface area contributed by atoms with Crippen LogP contribution in [0, 0.1) is 5.41 Å². The molecule has 0 aromatic heterocycles. The zero-order chi connectivity index (χ0) is 11.5. The van der Waals surface area contributed by atoms with Gasteiger partial charge in [-0.05, 0) is 24.8 Å². The Morgan fingerprint density at radius 1 is 1.40 bits per heavy atom. The van der Waals surface area contributed by atoms with Crippen LogP contribution in [0.1, 0.15) is 40.0 Å². The Balaban J connectivity index is 2.27. The van der Waals surface area contributed by atoms with Crippen LogP contribution in [0.3, 0.4) is 0 Å². The molecule has 0 spiro atoms. The predicted octanol–water partition coefficient (Wildman–Crippen LogP) is 0.817. The predicted molar refractivity (Wildman–Crippen MR) is 58.2 cm³/mol. The van der Waals surface area contributed by atoms with E-state index in [0.29, 0.717) is 12.8 Å². The Kier molecular flexibility index (Phi) is 3.85. The Morgan fingerprint density at radius 3 is 2.60 bits per heavy atom. The number of carbonyl (C=O) groups excluding carboxylic acids is 2. The molecule has 1 aliphatic heterocycles. The van der Waals surface area contributed by atoms with Gasteiger partial charge in [0.1, 0.15) is 0 Å². The molecule has 0 bridgehead atoms. The molecule has 0 aromatic carbocycles. The summed E-state index contributed by atoms with van der Waals surface area (Å²) in [7, 11) is 0. The zero-order valence-electron chi connectivity index (χ0n) is 9.72. The average molecular weight is 212 g/mol. The van der Waals surface area contributed by atoms with Crippen molar-refractivity contribution in [3.63, 3.8) is 0 Å². The minimum Gasteiger partial charge on any atom is -0.306 e. The molecule has 0 radical (unpaired) electrons. The first kappa shape index (κ1) is 12.2. The highest BCUT2D eigenvalue weighted by Gasteiger charge is 2.26. The van der Waals surface area contributed by atoms with Gasteiger partial charge in [0.25, 0.3) is 0 Å². The molecule has 0 saturated carbocycles. The number of imide groups is 1. The van der Waals surface area contributed by atoms with Crippen LogP contribution in [0.4, 0.5) is 0 Å². The molecular weight excluding hydrogens is 192 g/mol. The van der Waals surface area contributed by atoms with E-state index in [0.717, 1.165) is 13.0 Å².